The standard InChI is InChI=1S/C11H17N3OS/c1-11(2)3-7(11)9-13-10(15-14-9)6-4-16-5-8(6)12/h6-8H,3-5,12H2,1-2H3. The van der Waals surface area contributed by atoms with Crippen LogP contribution in [0.25, 0.3) is 0 Å². The lowest BCUT2D eigenvalue weighted by molar-refractivity contribution is 0.347. The van der Waals surface area contributed by atoms with E-state index in [0.717, 1.165) is 29.6 Å². The van der Waals surface area contributed by atoms with Crippen LogP contribution in [-0.2, 0) is 0 Å². The molecule has 0 aromatic carbocycles. The highest BCUT2D eigenvalue weighted by atomic mass is 32.2. The predicted octanol–water partition coefficient (Wildman–Crippen LogP) is 1.74. The van der Waals surface area contributed by atoms with Crippen molar-refractivity contribution in [3.8, 4) is 0 Å². The maximum absolute atomic E-state index is 6.02. The molecule has 3 rings (SSSR count). The SMILES string of the molecule is CC1(C)CC1c1noc(C2CSCC2N)n1. The van der Waals surface area contributed by atoms with Crippen molar-refractivity contribution in [2.45, 2.75) is 38.1 Å². The van der Waals surface area contributed by atoms with Crippen LogP contribution in [0.5, 0.6) is 0 Å². The average molecular weight is 239 g/mol. The molecule has 1 saturated carbocycles. The first kappa shape index (κ1) is 10.6. The zero-order valence-corrected chi connectivity index (χ0v) is 10.5. The summed E-state index contributed by atoms with van der Waals surface area (Å²) in [5.41, 5.74) is 6.37. The van der Waals surface area contributed by atoms with Crippen LogP contribution in [0.1, 0.15) is 43.8 Å². The maximum atomic E-state index is 6.02. The zero-order valence-electron chi connectivity index (χ0n) is 9.64. The minimum atomic E-state index is 0.172. The van der Waals surface area contributed by atoms with Gasteiger partial charge in [-0.3, -0.25) is 0 Å². The number of hydrogen-bond acceptors (Lipinski definition) is 5. The molecule has 0 bridgehead atoms. The van der Waals surface area contributed by atoms with Crippen molar-refractivity contribution in [2.75, 3.05) is 11.5 Å². The predicted molar refractivity (Wildman–Crippen MR) is 63.5 cm³/mol. The van der Waals surface area contributed by atoms with E-state index in [4.69, 9.17) is 10.3 Å². The van der Waals surface area contributed by atoms with E-state index in [1.165, 1.54) is 0 Å². The third-order valence-electron chi connectivity index (χ3n) is 3.72. The molecule has 88 valence electrons. The van der Waals surface area contributed by atoms with Gasteiger partial charge in [0, 0.05) is 23.5 Å². The van der Waals surface area contributed by atoms with E-state index >= 15 is 0 Å². The Hall–Kier alpha value is -0.550. The maximum Gasteiger partial charge on any atom is 0.232 e. The molecule has 2 N–H and O–H groups in total. The molecular formula is C11H17N3OS. The van der Waals surface area contributed by atoms with Crippen molar-refractivity contribution < 1.29 is 4.52 Å². The molecule has 3 atom stereocenters. The molecule has 1 aromatic rings. The van der Waals surface area contributed by atoms with Crippen LogP contribution >= 0.6 is 11.8 Å². The van der Waals surface area contributed by atoms with Crippen LogP contribution in [0.15, 0.2) is 4.52 Å². The first-order valence-electron chi connectivity index (χ1n) is 5.75. The summed E-state index contributed by atoms with van der Waals surface area (Å²) in [6.07, 6.45) is 1.16. The Kier molecular flexibility index (Phi) is 2.30. The van der Waals surface area contributed by atoms with Crippen molar-refractivity contribution in [1.29, 1.82) is 0 Å². The zero-order chi connectivity index (χ0) is 11.3. The van der Waals surface area contributed by atoms with E-state index in [2.05, 4.69) is 24.0 Å². The monoisotopic (exact) mass is 239 g/mol. The lowest BCUT2D eigenvalue weighted by Crippen LogP contribution is -2.26. The highest BCUT2D eigenvalue weighted by Crippen LogP contribution is 2.57. The largest absolute Gasteiger partial charge is 0.339 e. The Labute approximate surface area is 99.4 Å². The third-order valence-corrected chi connectivity index (χ3v) is 4.94. The van der Waals surface area contributed by atoms with Gasteiger partial charge < -0.3 is 10.3 Å². The van der Waals surface area contributed by atoms with Gasteiger partial charge in [-0.15, -0.1) is 0 Å². The lowest BCUT2D eigenvalue weighted by Gasteiger charge is -2.07. The molecule has 3 unspecified atom stereocenters. The van der Waals surface area contributed by atoms with Crippen LogP contribution < -0.4 is 5.73 Å². The Morgan fingerprint density at radius 1 is 1.44 bits per heavy atom. The second kappa shape index (κ2) is 3.47. The molecule has 2 heterocycles. The second-order valence-electron chi connectivity index (χ2n) is 5.54. The molecule has 2 fully saturated rings. The fraction of sp³-hybridized carbons (Fsp3) is 0.818. The molecule has 5 heteroatoms. The summed E-state index contributed by atoms with van der Waals surface area (Å²) in [5, 5.41) is 4.10. The number of nitrogens with zero attached hydrogens (tertiary/aromatic N) is 2. The van der Waals surface area contributed by atoms with Gasteiger partial charge in [0.15, 0.2) is 5.82 Å². The smallest absolute Gasteiger partial charge is 0.232 e. The van der Waals surface area contributed by atoms with Gasteiger partial charge in [0.25, 0.3) is 0 Å². The van der Waals surface area contributed by atoms with Gasteiger partial charge in [-0.2, -0.15) is 16.7 Å². The summed E-state index contributed by atoms with van der Waals surface area (Å²) < 4.78 is 5.36. The van der Waals surface area contributed by atoms with E-state index in [-0.39, 0.29) is 12.0 Å². The van der Waals surface area contributed by atoms with Gasteiger partial charge in [0.1, 0.15) is 0 Å². The number of rotatable bonds is 2. The van der Waals surface area contributed by atoms with Crippen molar-refractivity contribution in [3.63, 3.8) is 0 Å². The number of hydrogen-bond donors (Lipinski definition) is 1. The van der Waals surface area contributed by atoms with Crippen LogP contribution in [0.4, 0.5) is 0 Å². The average Bonchev–Trinajstić information content (AvgIpc) is 2.67. The van der Waals surface area contributed by atoms with E-state index in [1.807, 2.05) is 11.8 Å². The summed E-state index contributed by atoms with van der Waals surface area (Å²) in [6, 6.07) is 0.172. The quantitative estimate of drug-likeness (QED) is 0.851. The van der Waals surface area contributed by atoms with Crippen molar-refractivity contribution >= 4 is 11.8 Å². The summed E-state index contributed by atoms with van der Waals surface area (Å²) in [4.78, 5) is 4.53. The molecule has 2 aliphatic rings. The third kappa shape index (κ3) is 1.66. The molecule has 0 spiro atoms. The minimum Gasteiger partial charge on any atom is -0.339 e. The van der Waals surface area contributed by atoms with E-state index in [1.54, 1.807) is 0 Å². The van der Waals surface area contributed by atoms with Gasteiger partial charge in [-0.1, -0.05) is 19.0 Å². The van der Waals surface area contributed by atoms with Crippen molar-refractivity contribution in [3.05, 3.63) is 11.7 Å². The van der Waals surface area contributed by atoms with E-state index in [0.29, 0.717) is 11.3 Å². The Morgan fingerprint density at radius 3 is 2.75 bits per heavy atom. The Bertz CT molecular complexity index is 404. The fourth-order valence-electron chi connectivity index (χ4n) is 2.27. The number of thioether (sulfide) groups is 1. The second-order valence-corrected chi connectivity index (χ2v) is 6.62. The first-order valence-corrected chi connectivity index (χ1v) is 6.90. The van der Waals surface area contributed by atoms with Crippen LogP contribution in [0, 0.1) is 5.41 Å². The molecule has 1 aliphatic carbocycles. The molecule has 1 aliphatic heterocycles. The van der Waals surface area contributed by atoms with Gasteiger partial charge >= 0.3 is 0 Å². The van der Waals surface area contributed by atoms with Crippen molar-refractivity contribution in [2.24, 2.45) is 11.1 Å². The van der Waals surface area contributed by atoms with Crippen molar-refractivity contribution in [1.82, 2.24) is 10.1 Å². The van der Waals surface area contributed by atoms with Gasteiger partial charge in [-0.25, -0.2) is 0 Å². The molecule has 0 radical (unpaired) electrons. The number of aromatic nitrogens is 2. The fourth-order valence-corrected chi connectivity index (χ4v) is 3.56. The van der Waals surface area contributed by atoms with Crippen LogP contribution in [0.2, 0.25) is 0 Å². The Morgan fingerprint density at radius 2 is 2.19 bits per heavy atom. The summed E-state index contributed by atoms with van der Waals surface area (Å²) in [5.74, 6) is 4.37. The summed E-state index contributed by atoms with van der Waals surface area (Å²) in [6.45, 7) is 4.48. The first-order chi connectivity index (χ1) is 7.58. The molecule has 0 amide bonds. The highest BCUT2D eigenvalue weighted by molar-refractivity contribution is 7.99. The van der Waals surface area contributed by atoms with Gasteiger partial charge in [0.2, 0.25) is 5.89 Å². The van der Waals surface area contributed by atoms with Gasteiger partial charge in [-0.05, 0) is 11.8 Å². The van der Waals surface area contributed by atoms with E-state index in [9.17, 15) is 0 Å². The highest BCUT2D eigenvalue weighted by Gasteiger charge is 2.49. The topological polar surface area (TPSA) is 64.9 Å². The van der Waals surface area contributed by atoms with Crippen LogP contribution in [0.3, 0.4) is 0 Å². The van der Waals surface area contributed by atoms with Crippen LogP contribution in [-0.4, -0.2) is 27.7 Å². The van der Waals surface area contributed by atoms with E-state index < -0.39 is 0 Å². The molecule has 1 saturated heterocycles. The normalized spacial score (nSPS) is 36.6. The Balaban J connectivity index is 1.78. The summed E-state index contributed by atoms with van der Waals surface area (Å²) in [7, 11) is 0. The lowest BCUT2D eigenvalue weighted by atomic mass is 10.1. The number of nitrogens with two attached hydrogens (primary N) is 1. The minimum absolute atomic E-state index is 0.172. The molecule has 4 nitrogen and oxygen atoms in total. The van der Waals surface area contributed by atoms with Gasteiger partial charge in [0.05, 0.1) is 5.92 Å². The molecular weight excluding hydrogens is 222 g/mol. The molecule has 1 aromatic heterocycles. The summed E-state index contributed by atoms with van der Waals surface area (Å²) >= 11 is 1.87. The molecule has 16 heavy (non-hydrogen) atoms.